The van der Waals surface area contributed by atoms with Crippen LogP contribution in [0.3, 0.4) is 0 Å². The molecule has 0 radical (unpaired) electrons. The molecule has 3 aromatic heterocycles. The number of aryl methyl sites for hydroxylation is 1. The van der Waals surface area contributed by atoms with Crippen LogP contribution < -0.4 is 5.69 Å². The van der Waals surface area contributed by atoms with E-state index in [4.69, 9.17) is 0 Å². The molecule has 0 saturated heterocycles. The fraction of sp³-hybridized carbons (Fsp3) is 0.111. The maximum atomic E-state index is 12.4. The van der Waals surface area contributed by atoms with Gasteiger partial charge in [0.05, 0.1) is 11.4 Å². The first kappa shape index (κ1) is 15.6. The van der Waals surface area contributed by atoms with Gasteiger partial charge in [-0.1, -0.05) is 48.2 Å². The van der Waals surface area contributed by atoms with Crippen LogP contribution in [-0.2, 0) is 5.75 Å². The topological polar surface area (TPSA) is 75.9 Å². The van der Waals surface area contributed by atoms with E-state index in [2.05, 4.69) is 20.1 Å². The number of rotatable bonds is 4. The van der Waals surface area contributed by atoms with Crippen molar-refractivity contribution in [1.29, 1.82) is 0 Å². The van der Waals surface area contributed by atoms with Crippen molar-refractivity contribution in [2.75, 3.05) is 0 Å². The van der Waals surface area contributed by atoms with Gasteiger partial charge >= 0.3 is 5.69 Å². The molecule has 6 nitrogen and oxygen atoms in total. The molecule has 124 valence electrons. The summed E-state index contributed by atoms with van der Waals surface area (Å²) in [5.74, 6) is 0.633. The first-order chi connectivity index (χ1) is 12.2. The third-order valence-electron chi connectivity index (χ3n) is 3.80. The molecule has 0 amide bonds. The molecule has 0 aliphatic carbocycles. The van der Waals surface area contributed by atoms with Crippen molar-refractivity contribution in [3.8, 4) is 11.1 Å². The van der Waals surface area contributed by atoms with Gasteiger partial charge in [0.2, 0.25) is 0 Å². The number of fused-ring (bicyclic) bond motifs is 1. The van der Waals surface area contributed by atoms with Gasteiger partial charge < -0.3 is 0 Å². The van der Waals surface area contributed by atoms with E-state index in [0.717, 1.165) is 22.5 Å². The van der Waals surface area contributed by atoms with Gasteiger partial charge in [-0.05, 0) is 24.6 Å². The summed E-state index contributed by atoms with van der Waals surface area (Å²) in [5.41, 5.74) is 3.86. The quantitative estimate of drug-likeness (QED) is 0.573. The van der Waals surface area contributed by atoms with Crippen LogP contribution in [0.2, 0.25) is 0 Å². The number of H-pyrrole nitrogens is 1. The number of thioether (sulfide) groups is 1. The molecular formula is C18H15N5OS. The Labute approximate surface area is 148 Å². The summed E-state index contributed by atoms with van der Waals surface area (Å²) in [6.07, 6.45) is 1.75. The molecule has 7 heteroatoms. The molecular weight excluding hydrogens is 334 g/mol. The van der Waals surface area contributed by atoms with E-state index in [1.807, 2.05) is 55.5 Å². The molecule has 4 aromatic rings. The normalized spacial score (nSPS) is 11.1. The van der Waals surface area contributed by atoms with E-state index < -0.39 is 0 Å². The third kappa shape index (κ3) is 3.06. The maximum absolute atomic E-state index is 12.4. The molecule has 0 unspecified atom stereocenters. The highest BCUT2D eigenvalue weighted by molar-refractivity contribution is 7.98. The summed E-state index contributed by atoms with van der Waals surface area (Å²) >= 11 is 1.45. The van der Waals surface area contributed by atoms with Gasteiger partial charge in [-0.2, -0.15) is 9.61 Å². The van der Waals surface area contributed by atoms with Gasteiger partial charge in [0.25, 0.3) is 0 Å². The zero-order valence-corrected chi connectivity index (χ0v) is 14.3. The minimum atomic E-state index is -0.293. The van der Waals surface area contributed by atoms with Crippen molar-refractivity contribution in [3.63, 3.8) is 0 Å². The SMILES string of the molecule is Cc1nn2c(=O)[nH]c(SCc3ccccn3)nc2c1-c1ccccc1. The fourth-order valence-electron chi connectivity index (χ4n) is 2.67. The first-order valence-corrected chi connectivity index (χ1v) is 8.79. The lowest BCUT2D eigenvalue weighted by Gasteiger charge is -2.03. The van der Waals surface area contributed by atoms with Gasteiger partial charge in [0.1, 0.15) is 0 Å². The Bertz CT molecular complexity index is 1070. The van der Waals surface area contributed by atoms with E-state index in [0.29, 0.717) is 16.6 Å². The molecule has 25 heavy (non-hydrogen) atoms. The summed E-state index contributed by atoms with van der Waals surface area (Å²) in [4.78, 5) is 24.1. The number of nitrogens with one attached hydrogen (secondary N) is 1. The average molecular weight is 349 g/mol. The minimum absolute atomic E-state index is 0.293. The molecule has 0 saturated carbocycles. The van der Waals surface area contributed by atoms with Gasteiger partial charge in [0.15, 0.2) is 10.8 Å². The summed E-state index contributed by atoms with van der Waals surface area (Å²) in [6.45, 7) is 1.89. The van der Waals surface area contributed by atoms with Crippen LogP contribution in [0.1, 0.15) is 11.4 Å². The first-order valence-electron chi connectivity index (χ1n) is 7.80. The van der Waals surface area contributed by atoms with Crippen molar-refractivity contribution >= 4 is 17.4 Å². The van der Waals surface area contributed by atoms with E-state index in [1.165, 1.54) is 16.3 Å². The van der Waals surface area contributed by atoms with Crippen LogP contribution in [0.5, 0.6) is 0 Å². The smallest absolute Gasteiger partial charge is 0.285 e. The van der Waals surface area contributed by atoms with E-state index in [1.54, 1.807) is 6.20 Å². The molecule has 0 aliphatic heterocycles. The van der Waals surface area contributed by atoms with Crippen molar-refractivity contribution in [3.05, 3.63) is 76.6 Å². The Morgan fingerprint density at radius 1 is 1.12 bits per heavy atom. The highest BCUT2D eigenvalue weighted by Gasteiger charge is 2.16. The lowest BCUT2D eigenvalue weighted by Crippen LogP contribution is -2.19. The second kappa shape index (κ2) is 6.52. The zero-order chi connectivity index (χ0) is 17.2. The highest BCUT2D eigenvalue weighted by atomic mass is 32.2. The Kier molecular flexibility index (Phi) is 4.07. The molecule has 0 aliphatic rings. The zero-order valence-electron chi connectivity index (χ0n) is 13.5. The summed E-state index contributed by atoms with van der Waals surface area (Å²) in [6, 6.07) is 15.6. The van der Waals surface area contributed by atoms with Gasteiger partial charge in [-0.15, -0.1) is 0 Å². The molecule has 4 rings (SSSR count). The maximum Gasteiger partial charge on any atom is 0.350 e. The predicted molar refractivity (Wildman–Crippen MR) is 97.6 cm³/mol. The van der Waals surface area contributed by atoms with Crippen molar-refractivity contribution in [1.82, 2.24) is 24.6 Å². The molecule has 0 atom stereocenters. The second-order valence-electron chi connectivity index (χ2n) is 5.52. The van der Waals surface area contributed by atoms with E-state index in [9.17, 15) is 4.79 Å². The molecule has 0 spiro atoms. The van der Waals surface area contributed by atoms with Crippen LogP contribution in [-0.4, -0.2) is 24.6 Å². The summed E-state index contributed by atoms with van der Waals surface area (Å²) in [5, 5.41) is 4.89. The van der Waals surface area contributed by atoms with E-state index in [-0.39, 0.29) is 5.69 Å². The van der Waals surface area contributed by atoms with Crippen molar-refractivity contribution in [2.24, 2.45) is 0 Å². The van der Waals surface area contributed by atoms with Crippen molar-refractivity contribution in [2.45, 2.75) is 17.8 Å². The number of hydrogen-bond acceptors (Lipinski definition) is 5. The minimum Gasteiger partial charge on any atom is -0.285 e. The van der Waals surface area contributed by atoms with E-state index >= 15 is 0 Å². The van der Waals surface area contributed by atoms with Gasteiger partial charge in [-0.25, -0.2) is 9.78 Å². The third-order valence-corrected chi connectivity index (χ3v) is 4.70. The van der Waals surface area contributed by atoms with Gasteiger partial charge in [0, 0.05) is 17.5 Å². The summed E-state index contributed by atoms with van der Waals surface area (Å²) in [7, 11) is 0. The number of pyridine rings is 1. The molecule has 0 fully saturated rings. The Morgan fingerprint density at radius 2 is 1.92 bits per heavy atom. The average Bonchev–Trinajstić information content (AvgIpc) is 2.98. The number of benzene rings is 1. The summed E-state index contributed by atoms with van der Waals surface area (Å²) < 4.78 is 1.32. The molecule has 1 aromatic carbocycles. The molecule has 3 heterocycles. The lowest BCUT2D eigenvalue weighted by atomic mass is 10.1. The highest BCUT2D eigenvalue weighted by Crippen LogP contribution is 2.27. The second-order valence-corrected chi connectivity index (χ2v) is 6.48. The van der Waals surface area contributed by atoms with Crippen molar-refractivity contribution < 1.29 is 0 Å². The van der Waals surface area contributed by atoms with Crippen LogP contribution in [0.4, 0.5) is 0 Å². The number of aromatic nitrogens is 5. The Hall–Kier alpha value is -2.93. The fourth-order valence-corrected chi connectivity index (χ4v) is 3.43. The Balaban J connectivity index is 1.77. The predicted octanol–water partition coefficient (Wildman–Crippen LogP) is 3.08. The largest absolute Gasteiger partial charge is 0.350 e. The molecule has 1 N–H and O–H groups in total. The Morgan fingerprint density at radius 3 is 2.68 bits per heavy atom. The van der Waals surface area contributed by atoms with Crippen LogP contribution in [0, 0.1) is 6.92 Å². The number of nitrogens with zero attached hydrogens (tertiary/aromatic N) is 4. The number of aromatic amines is 1. The number of hydrogen-bond donors (Lipinski definition) is 1. The lowest BCUT2D eigenvalue weighted by molar-refractivity contribution is 0.779. The van der Waals surface area contributed by atoms with Crippen LogP contribution >= 0.6 is 11.8 Å². The molecule has 0 bridgehead atoms. The standard InChI is InChI=1S/C18H15N5OS/c1-12-15(13-7-3-2-4-8-13)16-20-17(21-18(24)23(16)22-12)25-11-14-9-5-6-10-19-14/h2-10H,11H2,1H3,(H,20,21,24). The van der Waals surface area contributed by atoms with Crippen LogP contribution in [0.25, 0.3) is 16.8 Å². The monoisotopic (exact) mass is 349 g/mol. The van der Waals surface area contributed by atoms with Crippen LogP contribution in [0.15, 0.2) is 64.7 Å². The van der Waals surface area contributed by atoms with Gasteiger partial charge in [-0.3, -0.25) is 9.97 Å².